The smallest absolute Gasteiger partial charge is 0.251 e. The number of amides is 2. The molecule has 0 heterocycles. The predicted octanol–water partition coefficient (Wildman–Crippen LogP) is 2.17. The average Bonchev–Trinajstić information content (AvgIpc) is 2.35. The third kappa shape index (κ3) is 6.40. The highest BCUT2D eigenvalue weighted by molar-refractivity contribution is 5.96. The lowest BCUT2D eigenvalue weighted by atomic mass is 9.88. The number of carbonyl (C=O) groups is 2. The summed E-state index contributed by atoms with van der Waals surface area (Å²) < 4.78 is 0. The Balaban J connectivity index is 2.76. The van der Waals surface area contributed by atoms with Crippen molar-refractivity contribution in [2.75, 3.05) is 11.9 Å². The third-order valence-electron chi connectivity index (χ3n) is 2.86. The Bertz CT molecular complexity index is 506. The van der Waals surface area contributed by atoms with Crippen molar-refractivity contribution in [3.05, 3.63) is 29.8 Å². The average molecular weight is 292 g/mol. The summed E-state index contributed by atoms with van der Waals surface area (Å²) in [6.45, 7) is 7.48. The van der Waals surface area contributed by atoms with Crippen LogP contribution in [0.5, 0.6) is 0 Å². The van der Waals surface area contributed by atoms with Crippen LogP contribution < -0.4 is 10.6 Å². The molecule has 1 unspecified atom stereocenters. The Morgan fingerprint density at radius 1 is 1.29 bits per heavy atom. The van der Waals surface area contributed by atoms with Gasteiger partial charge in [0.2, 0.25) is 5.91 Å². The number of hydrogen-bond donors (Lipinski definition) is 3. The Morgan fingerprint density at radius 2 is 1.95 bits per heavy atom. The summed E-state index contributed by atoms with van der Waals surface area (Å²) in [5.41, 5.74) is 1.04. The third-order valence-corrected chi connectivity index (χ3v) is 2.86. The number of aliphatic hydroxyl groups is 1. The Kier molecular flexibility index (Phi) is 5.90. The largest absolute Gasteiger partial charge is 0.394 e. The molecule has 0 saturated carbocycles. The molecule has 1 rings (SSSR count). The fourth-order valence-corrected chi connectivity index (χ4v) is 2.11. The molecule has 21 heavy (non-hydrogen) atoms. The van der Waals surface area contributed by atoms with Crippen molar-refractivity contribution >= 4 is 17.5 Å². The van der Waals surface area contributed by atoms with Gasteiger partial charge in [0.15, 0.2) is 0 Å². The van der Waals surface area contributed by atoms with E-state index in [1.807, 2.05) is 0 Å². The number of rotatable bonds is 5. The highest BCUT2D eigenvalue weighted by atomic mass is 16.3. The molecule has 116 valence electrons. The van der Waals surface area contributed by atoms with Gasteiger partial charge in [-0.05, 0) is 30.0 Å². The molecular formula is C16H24N2O3. The van der Waals surface area contributed by atoms with Gasteiger partial charge in [-0.3, -0.25) is 9.59 Å². The van der Waals surface area contributed by atoms with Gasteiger partial charge >= 0.3 is 0 Å². The molecule has 0 aliphatic heterocycles. The highest BCUT2D eigenvalue weighted by Crippen LogP contribution is 2.21. The zero-order valence-electron chi connectivity index (χ0n) is 13.1. The lowest BCUT2D eigenvalue weighted by Crippen LogP contribution is -2.40. The van der Waals surface area contributed by atoms with E-state index in [4.69, 9.17) is 0 Å². The summed E-state index contributed by atoms with van der Waals surface area (Å²) in [7, 11) is 0. The summed E-state index contributed by atoms with van der Waals surface area (Å²) in [4.78, 5) is 23.2. The fraction of sp³-hybridized carbons (Fsp3) is 0.500. The van der Waals surface area contributed by atoms with Gasteiger partial charge < -0.3 is 15.7 Å². The topological polar surface area (TPSA) is 78.4 Å². The first-order valence-electron chi connectivity index (χ1n) is 7.00. The molecule has 1 aromatic carbocycles. The van der Waals surface area contributed by atoms with Gasteiger partial charge in [0.05, 0.1) is 12.6 Å². The zero-order chi connectivity index (χ0) is 16.0. The maximum atomic E-state index is 12.2. The Morgan fingerprint density at radius 3 is 2.48 bits per heavy atom. The van der Waals surface area contributed by atoms with Crippen LogP contribution in [0.25, 0.3) is 0 Å². The quantitative estimate of drug-likeness (QED) is 0.778. The summed E-state index contributed by atoms with van der Waals surface area (Å²) >= 11 is 0. The van der Waals surface area contributed by atoms with Gasteiger partial charge in [0.25, 0.3) is 5.91 Å². The van der Waals surface area contributed by atoms with E-state index in [9.17, 15) is 14.7 Å². The van der Waals surface area contributed by atoms with Crippen LogP contribution >= 0.6 is 0 Å². The van der Waals surface area contributed by atoms with Gasteiger partial charge in [0.1, 0.15) is 0 Å². The standard InChI is InChI=1S/C16H24N2O3/c1-11(20)17-13-7-5-6-12(8-13)15(21)18-14(10-19)9-16(2,3)4/h5-8,14,19H,9-10H2,1-4H3,(H,17,20)(H,18,21). The molecule has 0 aliphatic rings. The minimum Gasteiger partial charge on any atom is -0.394 e. The second-order valence-corrected chi connectivity index (χ2v) is 6.38. The van der Waals surface area contributed by atoms with E-state index in [0.29, 0.717) is 17.7 Å². The molecular weight excluding hydrogens is 268 g/mol. The van der Waals surface area contributed by atoms with Crippen LogP contribution in [0.15, 0.2) is 24.3 Å². The van der Waals surface area contributed by atoms with Gasteiger partial charge in [0, 0.05) is 18.2 Å². The fourth-order valence-electron chi connectivity index (χ4n) is 2.11. The molecule has 0 spiro atoms. The monoisotopic (exact) mass is 292 g/mol. The van der Waals surface area contributed by atoms with Crippen molar-refractivity contribution in [2.45, 2.75) is 40.2 Å². The van der Waals surface area contributed by atoms with Crippen molar-refractivity contribution in [3.8, 4) is 0 Å². The number of anilines is 1. The molecule has 0 bridgehead atoms. The molecule has 1 aromatic rings. The number of hydrogen-bond acceptors (Lipinski definition) is 3. The molecule has 2 amide bonds. The summed E-state index contributed by atoms with van der Waals surface area (Å²) in [6, 6.07) is 6.42. The van der Waals surface area contributed by atoms with E-state index in [1.165, 1.54) is 6.92 Å². The van der Waals surface area contributed by atoms with Crippen molar-refractivity contribution in [3.63, 3.8) is 0 Å². The van der Waals surface area contributed by atoms with Crippen LogP contribution in [0.2, 0.25) is 0 Å². The first kappa shape index (κ1) is 17.2. The van der Waals surface area contributed by atoms with Crippen molar-refractivity contribution in [2.24, 2.45) is 5.41 Å². The number of carbonyl (C=O) groups excluding carboxylic acids is 2. The molecule has 0 aromatic heterocycles. The lowest BCUT2D eigenvalue weighted by Gasteiger charge is -2.25. The maximum Gasteiger partial charge on any atom is 0.251 e. The van der Waals surface area contributed by atoms with Gasteiger partial charge in [-0.25, -0.2) is 0 Å². The second kappa shape index (κ2) is 7.22. The molecule has 0 radical (unpaired) electrons. The summed E-state index contributed by atoms with van der Waals surface area (Å²) in [6.07, 6.45) is 0.681. The van der Waals surface area contributed by atoms with Crippen LogP contribution in [0.3, 0.4) is 0 Å². The minimum atomic E-state index is -0.290. The Hall–Kier alpha value is -1.88. The van der Waals surface area contributed by atoms with Crippen LogP contribution in [-0.2, 0) is 4.79 Å². The van der Waals surface area contributed by atoms with Crippen molar-refractivity contribution in [1.29, 1.82) is 0 Å². The van der Waals surface area contributed by atoms with Crippen molar-refractivity contribution < 1.29 is 14.7 Å². The van der Waals surface area contributed by atoms with Crippen LogP contribution in [0.1, 0.15) is 44.5 Å². The first-order chi connectivity index (χ1) is 9.71. The predicted molar refractivity (Wildman–Crippen MR) is 83.2 cm³/mol. The van der Waals surface area contributed by atoms with Crippen LogP contribution in [0.4, 0.5) is 5.69 Å². The molecule has 5 nitrogen and oxygen atoms in total. The van der Waals surface area contributed by atoms with E-state index in [2.05, 4.69) is 31.4 Å². The van der Waals surface area contributed by atoms with E-state index in [0.717, 1.165) is 0 Å². The Labute approximate surface area is 125 Å². The lowest BCUT2D eigenvalue weighted by molar-refractivity contribution is -0.114. The van der Waals surface area contributed by atoms with E-state index in [1.54, 1.807) is 24.3 Å². The molecule has 0 aliphatic carbocycles. The molecule has 3 N–H and O–H groups in total. The summed E-state index contributed by atoms with van der Waals surface area (Å²) in [5, 5.41) is 14.8. The van der Waals surface area contributed by atoms with Gasteiger partial charge in [-0.2, -0.15) is 0 Å². The molecule has 0 saturated heterocycles. The molecule has 0 fully saturated rings. The van der Waals surface area contributed by atoms with Gasteiger partial charge in [-0.15, -0.1) is 0 Å². The first-order valence-corrected chi connectivity index (χ1v) is 7.00. The zero-order valence-corrected chi connectivity index (χ0v) is 13.1. The highest BCUT2D eigenvalue weighted by Gasteiger charge is 2.20. The van der Waals surface area contributed by atoms with E-state index >= 15 is 0 Å². The number of benzene rings is 1. The summed E-state index contributed by atoms with van der Waals surface area (Å²) in [5.74, 6) is -0.445. The van der Waals surface area contributed by atoms with E-state index < -0.39 is 0 Å². The molecule has 5 heteroatoms. The number of aliphatic hydroxyl groups excluding tert-OH is 1. The van der Waals surface area contributed by atoms with E-state index in [-0.39, 0.29) is 29.9 Å². The van der Waals surface area contributed by atoms with Gasteiger partial charge in [-0.1, -0.05) is 26.8 Å². The maximum absolute atomic E-state index is 12.2. The molecule has 1 atom stereocenters. The SMILES string of the molecule is CC(=O)Nc1cccc(C(=O)NC(CO)CC(C)(C)C)c1. The second-order valence-electron chi connectivity index (χ2n) is 6.38. The normalized spacial score (nSPS) is 12.6. The minimum absolute atomic E-state index is 0.0126. The number of nitrogens with one attached hydrogen (secondary N) is 2. The van der Waals surface area contributed by atoms with Crippen LogP contribution in [0, 0.1) is 5.41 Å². The van der Waals surface area contributed by atoms with Crippen molar-refractivity contribution in [1.82, 2.24) is 5.32 Å². The van der Waals surface area contributed by atoms with Crippen LogP contribution in [-0.4, -0.2) is 29.6 Å².